The standard InChI is InChI=1S/C10H20N2/c1-4-6-10-8-9(3)12(11-10)7-5-2/h9H,4-8H2,1-3H3. The van der Waals surface area contributed by atoms with Crippen molar-refractivity contribution in [2.75, 3.05) is 6.54 Å². The molecular weight excluding hydrogens is 148 g/mol. The molecule has 0 aromatic carbocycles. The van der Waals surface area contributed by atoms with Gasteiger partial charge in [-0.1, -0.05) is 20.3 Å². The second kappa shape index (κ2) is 4.48. The van der Waals surface area contributed by atoms with Crippen molar-refractivity contribution in [3.63, 3.8) is 0 Å². The number of nitrogens with zero attached hydrogens (tertiary/aromatic N) is 2. The zero-order valence-electron chi connectivity index (χ0n) is 8.51. The summed E-state index contributed by atoms with van der Waals surface area (Å²) in [7, 11) is 0. The van der Waals surface area contributed by atoms with Crippen molar-refractivity contribution in [1.29, 1.82) is 0 Å². The van der Waals surface area contributed by atoms with E-state index in [1.54, 1.807) is 0 Å². The zero-order valence-corrected chi connectivity index (χ0v) is 8.51. The zero-order chi connectivity index (χ0) is 8.97. The Kier molecular flexibility index (Phi) is 3.57. The van der Waals surface area contributed by atoms with Gasteiger partial charge in [-0.25, -0.2) is 0 Å². The van der Waals surface area contributed by atoms with Gasteiger partial charge in [-0.3, -0.25) is 5.01 Å². The van der Waals surface area contributed by atoms with Crippen molar-refractivity contribution in [2.45, 2.75) is 52.5 Å². The Bertz CT molecular complexity index is 163. The molecule has 0 spiro atoms. The van der Waals surface area contributed by atoms with Gasteiger partial charge < -0.3 is 0 Å². The van der Waals surface area contributed by atoms with Gasteiger partial charge in [0, 0.05) is 24.7 Å². The van der Waals surface area contributed by atoms with Gasteiger partial charge in [0.05, 0.1) is 0 Å². The van der Waals surface area contributed by atoms with Crippen molar-refractivity contribution >= 4 is 5.71 Å². The van der Waals surface area contributed by atoms with Gasteiger partial charge in [-0.2, -0.15) is 5.10 Å². The summed E-state index contributed by atoms with van der Waals surface area (Å²) in [5.74, 6) is 0. The molecule has 0 aromatic rings. The average molecular weight is 168 g/mol. The molecule has 2 heteroatoms. The SMILES string of the molecule is CCCC1=NN(CCC)C(C)C1. The smallest absolute Gasteiger partial charge is 0.0495 e. The fourth-order valence-electron chi connectivity index (χ4n) is 1.71. The van der Waals surface area contributed by atoms with Crippen molar-refractivity contribution in [3.8, 4) is 0 Å². The molecule has 1 aliphatic heterocycles. The summed E-state index contributed by atoms with van der Waals surface area (Å²) in [4.78, 5) is 0. The van der Waals surface area contributed by atoms with Crippen LogP contribution in [0.1, 0.15) is 46.5 Å². The Hall–Kier alpha value is -0.530. The molecule has 0 fully saturated rings. The van der Waals surface area contributed by atoms with Gasteiger partial charge in [0.1, 0.15) is 0 Å². The molecule has 0 aliphatic carbocycles. The molecule has 0 saturated carbocycles. The fourth-order valence-corrected chi connectivity index (χ4v) is 1.71. The van der Waals surface area contributed by atoms with Crippen molar-refractivity contribution in [3.05, 3.63) is 0 Å². The summed E-state index contributed by atoms with van der Waals surface area (Å²) in [5, 5.41) is 6.84. The molecular formula is C10H20N2. The first-order valence-electron chi connectivity index (χ1n) is 5.10. The van der Waals surface area contributed by atoms with Crippen LogP contribution in [0.3, 0.4) is 0 Å². The fraction of sp³-hybridized carbons (Fsp3) is 0.900. The minimum atomic E-state index is 0.645. The largest absolute Gasteiger partial charge is 0.294 e. The van der Waals surface area contributed by atoms with E-state index in [4.69, 9.17) is 0 Å². The van der Waals surface area contributed by atoms with Crippen LogP contribution in [0.15, 0.2) is 5.10 Å². The van der Waals surface area contributed by atoms with E-state index in [9.17, 15) is 0 Å². The molecule has 0 radical (unpaired) electrons. The second-order valence-electron chi connectivity index (χ2n) is 3.63. The molecule has 0 bridgehead atoms. The molecule has 1 aliphatic rings. The Morgan fingerprint density at radius 2 is 2.17 bits per heavy atom. The highest BCUT2D eigenvalue weighted by Crippen LogP contribution is 2.17. The highest BCUT2D eigenvalue weighted by molar-refractivity contribution is 5.85. The quantitative estimate of drug-likeness (QED) is 0.630. The van der Waals surface area contributed by atoms with E-state index in [-0.39, 0.29) is 0 Å². The lowest BCUT2D eigenvalue weighted by Crippen LogP contribution is -2.23. The number of rotatable bonds is 4. The van der Waals surface area contributed by atoms with Crippen molar-refractivity contribution < 1.29 is 0 Å². The maximum atomic E-state index is 4.60. The second-order valence-corrected chi connectivity index (χ2v) is 3.63. The van der Waals surface area contributed by atoms with E-state index in [1.165, 1.54) is 31.4 Å². The van der Waals surface area contributed by atoms with Crippen LogP contribution in [0.4, 0.5) is 0 Å². The van der Waals surface area contributed by atoms with Crippen molar-refractivity contribution in [2.24, 2.45) is 5.10 Å². The molecule has 0 amide bonds. The molecule has 0 aromatic heterocycles. The summed E-state index contributed by atoms with van der Waals surface area (Å²) in [5.41, 5.74) is 1.40. The lowest BCUT2D eigenvalue weighted by atomic mass is 10.1. The van der Waals surface area contributed by atoms with Gasteiger partial charge in [0.15, 0.2) is 0 Å². The Balaban J connectivity index is 2.42. The van der Waals surface area contributed by atoms with Crippen LogP contribution in [0.5, 0.6) is 0 Å². The molecule has 0 saturated heterocycles. The third kappa shape index (κ3) is 2.23. The van der Waals surface area contributed by atoms with Gasteiger partial charge in [-0.05, 0) is 19.8 Å². The Morgan fingerprint density at radius 3 is 2.75 bits per heavy atom. The Labute approximate surface area is 75.6 Å². The molecule has 1 heterocycles. The Morgan fingerprint density at radius 1 is 1.42 bits per heavy atom. The minimum absolute atomic E-state index is 0.645. The monoisotopic (exact) mass is 168 g/mol. The molecule has 12 heavy (non-hydrogen) atoms. The minimum Gasteiger partial charge on any atom is -0.294 e. The van der Waals surface area contributed by atoms with Crippen LogP contribution in [0, 0.1) is 0 Å². The maximum absolute atomic E-state index is 4.60. The first-order valence-corrected chi connectivity index (χ1v) is 5.10. The number of hydrogen-bond donors (Lipinski definition) is 0. The van der Waals surface area contributed by atoms with Gasteiger partial charge >= 0.3 is 0 Å². The van der Waals surface area contributed by atoms with E-state index < -0.39 is 0 Å². The van der Waals surface area contributed by atoms with E-state index in [2.05, 4.69) is 30.9 Å². The number of hydrazone groups is 1. The van der Waals surface area contributed by atoms with Crippen LogP contribution in [0.25, 0.3) is 0 Å². The van der Waals surface area contributed by atoms with Crippen LogP contribution < -0.4 is 0 Å². The first kappa shape index (κ1) is 9.56. The molecule has 1 atom stereocenters. The van der Waals surface area contributed by atoms with Crippen LogP contribution in [-0.2, 0) is 0 Å². The summed E-state index contributed by atoms with van der Waals surface area (Å²) < 4.78 is 0. The normalized spacial score (nSPS) is 23.1. The lowest BCUT2D eigenvalue weighted by molar-refractivity contribution is 0.246. The topological polar surface area (TPSA) is 15.6 Å². The first-order chi connectivity index (χ1) is 5.77. The van der Waals surface area contributed by atoms with E-state index in [0.717, 1.165) is 6.54 Å². The van der Waals surface area contributed by atoms with Crippen LogP contribution in [-0.4, -0.2) is 23.3 Å². The predicted octanol–water partition coefficient (Wildman–Crippen LogP) is 2.65. The number of hydrogen-bond acceptors (Lipinski definition) is 2. The third-order valence-corrected chi connectivity index (χ3v) is 2.30. The van der Waals surface area contributed by atoms with Gasteiger partial charge in [0.2, 0.25) is 0 Å². The van der Waals surface area contributed by atoms with Crippen LogP contribution in [0.2, 0.25) is 0 Å². The van der Waals surface area contributed by atoms with Crippen molar-refractivity contribution in [1.82, 2.24) is 5.01 Å². The molecule has 2 nitrogen and oxygen atoms in total. The summed E-state index contributed by atoms with van der Waals surface area (Å²) in [6.07, 6.45) is 4.80. The van der Waals surface area contributed by atoms with Gasteiger partial charge in [0.25, 0.3) is 0 Å². The lowest BCUT2D eigenvalue weighted by Gasteiger charge is -2.18. The average Bonchev–Trinajstić information content (AvgIpc) is 2.34. The van der Waals surface area contributed by atoms with E-state index in [0.29, 0.717) is 6.04 Å². The highest BCUT2D eigenvalue weighted by Gasteiger charge is 2.20. The molecule has 1 rings (SSSR count). The van der Waals surface area contributed by atoms with E-state index >= 15 is 0 Å². The summed E-state index contributed by atoms with van der Waals surface area (Å²) >= 11 is 0. The highest BCUT2D eigenvalue weighted by atomic mass is 15.5. The molecule has 70 valence electrons. The predicted molar refractivity (Wildman–Crippen MR) is 53.4 cm³/mol. The summed E-state index contributed by atoms with van der Waals surface area (Å²) in [6.45, 7) is 7.81. The summed E-state index contributed by atoms with van der Waals surface area (Å²) in [6, 6.07) is 0.645. The van der Waals surface area contributed by atoms with Gasteiger partial charge in [-0.15, -0.1) is 0 Å². The van der Waals surface area contributed by atoms with E-state index in [1.807, 2.05) is 0 Å². The third-order valence-electron chi connectivity index (χ3n) is 2.30. The van der Waals surface area contributed by atoms with Crippen LogP contribution >= 0.6 is 0 Å². The maximum Gasteiger partial charge on any atom is 0.0495 e. The molecule has 0 N–H and O–H groups in total. The molecule has 1 unspecified atom stereocenters.